The first-order valence-corrected chi connectivity index (χ1v) is 12.4. The molecule has 5 nitrogen and oxygen atoms in total. The molecule has 1 saturated carbocycles. The zero-order chi connectivity index (χ0) is 22.1. The monoisotopic (exact) mass is 454 g/mol. The van der Waals surface area contributed by atoms with Crippen LogP contribution in [0.1, 0.15) is 77.7 Å². The van der Waals surface area contributed by atoms with Crippen molar-refractivity contribution in [3.8, 4) is 0 Å². The van der Waals surface area contributed by atoms with Gasteiger partial charge in [0, 0.05) is 0 Å². The zero-order valence-corrected chi connectivity index (χ0v) is 22.8. The molecule has 3 unspecified atom stereocenters. The van der Waals surface area contributed by atoms with E-state index in [1.165, 1.54) is 37.7 Å². The Balaban J connectivity index is 0.000000302. The number of hydrogen-bond donors (Lipinski definition) is 1. The summed E-state index contributed by atoms with van der Waals surface area (Å²) in [6, 6.07) is 8.03. The Bertz CT molecular complexity index is 765. The normalized spacial score (nSPS) is 22.8. The van der Waals surface area contributed by atoms with Gasteiger partial charge in [-0.3, -0.25) is 9.59 Å². The van der Waals surface area contributed by atoms with Gasteiger partial charge in [0.2, 0.25) is 5.91 Å². The van der Waals surface area contributed by atoms with E-state index in [1.54, 1.807) is 12.2 Å². The second kappa shape index (κ2) is 13.7. The summed E-state index contributed by atoms with van der Waals surface area (Å²) in [6.45, 7) is 7.86. The van der Waals surface area contributed by atoms with Crippen molar-refractivity contribution in [2.45, 2.75) is 84.7 Å². The van der Waals surface area contributed by atoms with Crippen LogP contribution >= 0.6 is 8.58 Å². The molecule has 1 aliphatic carbocycles. The molecule has 1 aromatic carbocycles. The molecular weight excluding hydrogens is 418 g/mol. The minimum absolute atomic E-state index is 0. The van der Waals surface area contributed by atoms with E-state index in [0.29, 0.717) is 6.42 Å². The molecule has 2 amide bonds. The molecule has 0 radical (unpaired) electrons. The van der Waals surface area contributed by atoms with Crippen LogP contribution in [0.15, 0.2) is 29.3 Å². The molecule has 1 fully saturated rings. The quantitative estimate of drug-likeness (QED) is 0.393. The van der Waals surface area contributed by atoms with Gasteiger partial charge >= 0.3 is 29.6 Å². The molecular formula is C24H36N2NaO3P. The van der Waals surface area contributed by atoms with Gasteiger partial charge in [-0.05, 0) is 55.1 Å². The summed E-state index contributed by atoms with van der Waals surface area (Å²) in [5.74, 6) is -1.20. The Morgan fingerprint density at radius 1 is 1.19 bits per heavy atom. The van der Waals surface area contributed by atoms with Crippen LogP contribution in [0.3, 0.4) is 0 Å². The van der Waals surface area contributed by atoms with Gasteiger partial charge in [-0.1, -0.05) is 79.3 Å². The predicted octanol–water partition coefficient (Wildman–Crippen LogP) is 0.827. The number of carbonyl (C=O) groups is 2. The molecule has 0 spiro atoms. The van der Waals surface area contributed by atoms with Gasteiger partial charge in [0.1, 0.15) is 5.41 Å². The maximum atomic E-state index is 11.9. The zero-order valence-electron chi connectivity index (χ0n) is 19.8. The number of benzene rings is 1. The van der Waals surface area contributed by atoms with Crippen LogP contribution in [0, 0.1) is 18.3 Å². The van der Waals surface area contributed by atoms with E-state index < -0.39 is 23.3 Å². The van der Waals surface area contributed by atoms with Gasteiger partial charge in [-0.15, -0.1) is 0 Å². The van der Waals surface area contributed by atoms with E-state index in [1.807, 2.05) is 13.8 Å². The molecule has 0 saturated heterocycles. The summed E-state index contributed by atoms with van der Waals surface area (Å²) in [4.78, 5) is 27.1. The minimum Gasteiger partial charge on any atom is -0.846 e. The number of rotatable bonds is 6. The van der Waals surface area contributed by atoms with Crippen LogP contribution in [0.25, 0.3) is 0 Å². The smallest absolute Gasteiger partial charge is 0.846 e. The molecule has 1 aliphatic heterocycles. The van der Waals surface area contributed by atoms with Gasteiger partial charge in [-0.25, -0.2) is 4.99 Å². The summed E-state index contributed by atoms with van der Waals surface area (Å²) < 4.78 is 0. The van der Waals surface area contributed by atoms with E-state index in [0.717, 1.165) is 27.1 Å². The van der Waals surface area contributed by atoms with E-state index in [9.17, 15) is 14.7 Å². The number of amides is 2. The Morgan fingerprint density at radius 2 is 1.84 bits per heavy atom. The van der Waals surface area contributed by atoms with Gasteiger partial charge < -0.3 is 10.4 Å². The van der Waals surface area contributed by atoms with Gasteiger partial charge in [-0.2, -0.15) is 0 Å². The van der Waals surface area contributed by atoms with Gasteiger partial charge in [0.15, 0.2) is 0 Å². The SMILES string of the molecule is CCCC(C)C1(CC)C(=O)N=C([O-])NC1=O.Cc1ccccc1PC1CCCCC1.[Na+]. The molecule has 1 aromatic rings. The second-order valence-corrected chi connectivity index (χ2v) is 10.1. The fraction of sp³-hybridized carbons (Fsp3) is 0.625. The maximum Gasteiger partial charge on any atom is 1.00 e. The van der Waals surface area contributed by atoms with E-state index in [2.05, 4.69) is 41.5 Å². The third-order valence-corrected chi connectivity index (χ3v) is 8.30. The fourth-order valence-electron chi connectivity index (χ4n) is 4.50. The summed E-state index contributed by atoms with van der Waals surface area (Å²) in [7, 11) is 1.05. The number of nitrogens with zero attached hydrogens (tertiary/aromatic N) is 1. The first-order chi connectivity index (χ1) is 14.3. The van der Waals surface area contributed by atoms with Gasteiger partial charge in [0.05, 0.1) is 6.02 Å². The second-order valence-electron chi connectivity index (χ2n) is 8.49. The fourth-order valence-corrected chi connectivity index (χ4v) is 6.14. The summed E-state index contributed by atoms with van der Waals surface area (Å²) >= 11 is 0. The number of amidine groups is 1. The molecule has 0 aromatic heterocycles. The van der Waals surface area contributed by atoms with Crippen molar-refractivity contribution in [3.05, 3.63) is 29.8 Å². The number of aliphatic imine (C=N–C) groups is 1. The summed E-state index contributed by atoms with van der Waals surface area (Å²) in [6.07, 6.45) is 9.34. The van der Waals surface area contributed by atoms with Crippen molar-refractivity contribution < 1.29 is 44.3 Å². The first-order valence-electron chi connectivity index (χ1n) is 11.3. The standard InChI is InChI=1S/C13H19P.C11H18N2O3.Na/c1-11-7-5-6-10-13(11)14-12-8-3-2-4-9-12;1-4-6-7(3)11(5-2)8(14)12-10(16)13-9(11)15;/h5-7,10,12,14H,2-4,8-9H2,1H3;7H,4-6H2,1-3H3,(H2,12,13,14,15,16);/q;;+1/p-1. The molecule has 2 aliphatic rings. The molecule has 166 valence electrons. The Hall–Kier alpha value is -0.740. The van der Waals surface area contributed by atoms with Gasteiger partial charge in [0.25, 0.3) is 5.91 Å². The van der Waals surface area contributed by atoms with Crippen LogP contribution in [-0.2, 0) is 9.59 Å². The van der Waals surface area contributed by atoms with Crippen LogP contribution < -0.4 is 45.3 Å². The first kappa shape index (κ1) is 28.3. The predicted molar refractivity (Wildman–Crippen MR) is 123 cm³/mol. The summed E-state index contributed by atoms with van der Waals surface area (Å²) in [5, 5.41) is 14.7. The number of carbonyl (C=O) groups excluding carboxylic acids is 2. The van der Waals surface area contributed by atoms with Crippen molar-refractivity contribution >= 4 is 31.7 Å². The molecule has 31 heavy (non-hydrogen) atoms. The minimum atomic E-state index is -1.15. The van der Waals surface area contributed by atoms with Crippen molar-refractivity contribution in [1.29, 1.82) is 0 Å². The number of aryl methyl sites for hydroxylation is 1. The van der Waals surface area contributed by atoms with Crippen LogP contribution in [-0.4, -0.2) is 23.5 Å². The Kier molecular flexibility index (Phi) is 12.5. The molecule has 1 heterocycles. The van der Waals surface area contributed by atoms with Crippen LogP contribution in [0.4, 0.5) is 0 Å². The topological polar surface area (TPSA) is 81.6 Å². The summed E-state index contributed by atoms with van der Waals surface area (Å²) in [5.41, 5.74) is 1.32. The number of hydrogen-bond acceptors (Lipinski definition) is 3. The van der Waals surface area contributed by atoms with Crippen LogP contribution in [0.2, 0.25) is 0 Å². The molecule has 3 atom stereocenters. The van der Waals surface area contributed by atoms with Crippen molar-refractivity contribution in [1.82, 2.24) is 5.32 Å². The van der Waals surface area contributed by atoms with Crippen molar-refractivity contribution in [2.75, 3.05) is 0 Å². The number of nitrogens with one attached hydrogen (secondary N) is 1. The largest absolute Gasteiger partial charge is 1.00 e. The van der Waals surface area contributed by atoms with E-state index >= 15 is 0 Å². The molecule has 7 heteroatoms. The van der Waals surface area contributed by atoms with E-state index in [4.69, 9.17) is 0 Å². The van der Waals surface area contributed by atoms with E-state index in [-0.39, 0.29) is 35.5 Å². The van der Waals surface area contributed by atoms with Crippen LogP contribution in [0.5, 0.6) is 0 Å². The molecule has 0 bridgehead atoms. The molecule has 1 N–H and O–H groups in total. The Morgan fingerprint density at radius 3 is 2.39 bits per heavy atom. The third kappa shape index (κ3) is 7.39. The third-order valence-electron chi connectivity index (χ3n) is 6.44. The molecule has 3 rings (SSSR count). The average Bonchev–Trinajstić information content (AvgIpc) is 2.71. The average molecular weight is 455 g/mol. The Labute approximate surface area is 211 Å². The van der Waals surface area contributed by atoms with Crippen molar-refractivity contribution in [3.63, 3.8) is 0 Å². The van der Waals surface area contributed by atoms with Crippen molar-refractivity contribution in [2.24, 2.45) is 16.3 Å². The maximum absolute atomic E-state index is 11.9.